The van der Waals surface area contributed by atoms with Gasteiger partial charge in [-0.05, 0) is 98.8 Å². The van der Waals surface area contributed by atoms with Gasteiger partial charge >= 0.3 is 0 Å². The SMILES string of the molecule is Cc1cc(C(C)C)cc(C(C)C)c1-c1cccc(N2[CH-]N(c3[c-]c(Oc4[c-]c5c(cc4)c4ccccc4n5-c4cc(C(C)(C)C)ccn4)cc(-c4ccccc4)c3)C(C(C)(C)C)=C2C(C)(C)C)c1.[Pt]. The van der Waals surface area contributed by atoms with E-state index in [1.165, 1.54) is 44.8 Å². The predicted molar refractivity (Wildman–Crippen MR) is 287 cm³/mol. The molecule has 0 amide bonds. The van der Waals surface area contributed by atoms with Crippen molar-refractivity contribution in [3.05, 3.63) is 186 Å². The van der Waals surface area contributed by atoms with Gasteiger partial charge in [0.1, 0.15) is 5.82 Å². The Bertz CT molecular complexity index is 3210. The third kappa shape index (κ3) is 9.70. The Morgan fingerprint density at radius 3 is 1.94 bits per heavy atom. The van der Waals surface area contributed by atoms with Crippen LogP contribution in [0.5, 0.6) is 11.5 Å². The first-order chi connectivity index (χ1) is 32.2. The molecule has 5 nitrogen and oxygen atoms in total. The number of fused-ring (bicyclic) bond motifs is 3. The van der Waals surface area contributed by atoms with Crippen LogP contribution in [0.15, 0.2) is 145 Å². The molecule has 0 spiro atoms. The Hall–Kier alpha value is -5.90. The second kappa shape index (κ2) is 18.8. The van der Waals surface area contributed by atoms with Crippen LogP contribution in [0.4, 0.5) is 11.4 Å². The van der Waals surface area contributed by atoms with Gasteiger partial charge in [-0.1, -0.05) is 168 Å². The van der Waals surface area contributed by atoms with Crippen molar-refractivity contribution in [2.24, 2.45) is 10.8 Å². The monoisotopic (exact) mass is 1090 g/mol. The minimum atomic E-state index is -0.248. The van der Waals surface area contributed by atoms with Crippen LogP contribution in [0.3, 0.4) is 0 Å². The number of benzene rings is 6. The zero-order valence-electron chi connectivity index (χ0n) is 42.9. The average molecular weight is 1090 g/mol. The Balaban J connectivity index is 0.00000642. The maximum atomic E-state index is 6.95. The fourth-order valence-electron chi connectivity index (χ4n) is 9.92. The number of hydrogen-bond donors (Lipinski definition) is 0. The van der Waals surface area contributed by atoms with Crippen LogP contribution in [-0.2, 0) is 26.5 Å². The maximum Gasteiger partial charge on any atom is 0.135 e. The van der Waals surface area contributed by atoms with E-state index in [1.807, 2.05) is 12.3 Å². The Morgan fingerprint density at radius 1 is 0.580 bits per heavy atom. The molecule has 2 aromatic heterocycles. The molecule has 69 heavy (non-hydrogen) atoms. The van der Waals surface area contributed by atoms with Crippen LogP contribution in [0.25, 0.3) is 49.9 Å². The van der Waals surface area contributed by atoms with Crippen LogP contribution >= 0.6 is 0 Å². The molecule has 1 aliphatic rings. The van der Waals surface area contributed by atoms with Crippen LogP contribution < -0.4 is 14.5 Å². The van der Waals surface area contributed by atoms with Crippen molar-refractivity contribution in [1.29, 1.82) is 0 Å². The molecule has 0 N–H and O–H groups in total. The normalized spacial score (nSPS) is 13.6. The topological polar surface area (TPSA) is 33.5 Å². The summed E-state index contributed by atoms with van der Waals surface area (Å²) >= 11 is 0. The summed E-state index contributed by atoms with van der Waals surface area (Å²) in [5, 5.41) is 2.23. The van der Waals surface area contributed by atoms with E-state index in [0.29, 0.717) is 23.3 Å². The molecule has 0 saturated heterocycles. The second-order valence-corrected chi connectivity index (χ2v) is 22.4. The number of allylic oxidation sites excluding steroid dienone is 2. The summed E-state index contributed by atoms with van der Waals surface area (Å²) in [4.78, 5) is 9.69. The number of ether oxygens (including phenoxy) is 1. The largest absolute Gasteiger partial charge is 0.509 e. The van der Waals surface area contributed by atoms with E-state index < -0.39 is 0 Å². The molecule has 0 aliphatic carbocycles. The van der Waals surface area contributed by atoms with Gasteiger partial charge in [-0.3, -0.25) is 0 Å². The molecule has 6 aromatic carbocycles. The summed E-state index contributed by atoms with van der Waals surface area (Å²) in [6.07, 6.45) is 1.91. The average Bonchev–Trinajstić information content (AvgIpc) is 3.87. The van der Waals surface area contributed by atoms with Crippen molar-refractivity contribution in [3.63, 3.8) is 0 Å². The van der Waals surface area contributed by atoms with Crippen LogP contribution in [-0.4, -0.2) is 9.55 Å². The van der Waals surface area contributed by atoms with Crippen molar-refractivity contribution >= 4 is 33.2 Å². The second-order valence-electron chi connectivity index (χ2n) is 22.4. The molecular formula is C63H67N4OPt-3. The van der Waals surface area contributed by atoms with Crippen LogP contribution in [0.1, 0.15) is 124 Å². The summed E-state index contributed by atoms with van der Waals surface area (Å²) in [7, 11) is 0. The third-order valence-electron chi connectivity index (χ3n) is 13.3. The van der Waals surface area contributed by atoms with Gasteiger partial charge in [0.05, 0.1) is 0 Å². The van der Waals surface area contributed by atoms with E-state index in [-0.39, 0.29) is 37.3 Å². The molecule has 0 fully saturated rings. The fraction of sp³-hybridized carbons (Fsp3) is 0.302. The van der Waals surface area contributed by atoms with Crippen molar-refractivity contribution < 1.29 is 25.8 Å². The van der Waals surface area contributed by atoms with Gasteiger partial charge in [0, 0.05) is 72.2 Å². The minimum Gasteiger partial charge on any atom is -0.509 e. The van der Waals surface area contributed by atoms with Gasteiger partial charge in [-0.2, -0.15) is 6.07 Å². The first-order valence-electron chi connectivity index (χ1n) is 24.3. The number of pyridine rings is 1. The molecule has 0 bridgehead atoms. The van der Waals surface area contributed by atoms with E-state index in [4.69, 9.17) is 9.72 Å². The van der Waals surface area contributed by atoms with Gasteiger partial charge < -0.3 is 19.1 Å². The maximum absolute atomic E-state index is 6.95. The molecule has 6 heteroatoms. The van der Waals surface area contributed by atoms with Crippen molar-refractivity contribution in [2.45, 2.75) is 114 Å². The molecule has 0 atom stereocenters. The summed E-state index contributed by atoms with van der Waals surface area (Å²) in [6.45, 7) is 34.4. The van der Waals surface area contributed by atoms with Crippen molar-refractivity contribution in [1.82, 2.24) is 9.55 Å². The molecule has 8 aromatic rings. The molecular weight excluding hydrogens is 1020 g/mol. The standard InChI is InChI=1S/C63H67N4O.Pt/c1-40(2)45-31-42(5)58(54(35-45)41(3)4)44-23-20-24-48(32-44)65-39-66(60(63(12,13)14)59(65)62(9,10)11)49-33-46(43-21-16-15-17-22-43)34-51(37-49)68-50-27-28-53-52-25-18-19-26-55(52)67(56(53)38-50)57-36-47(29-30-64-57)61(6,7)8;/h15-36,39-41H,1-14H3;/q-3;. The third-order valence-corrected chi connectivity index (χ3v) is 13.3. The molecule has 358 valence electrons. The molecule has 0 unspecified atom stereocenters. The van der Waals surface area contributed by atoms with Crippen molar-refractivity contribution in [2.75, 3.05) is 9.80 Å². The first-order valence-corrected chi connectivity index (χ1v) is 24.3. The van der Waals surface area contributed by atoms with E-state index >= 15 is 0 Å². The smallest absolute Gasteiger partial charge is 0.135 e. The summed E-state index contributed by atoms with van der Waals surface area (Å²) < 4.78 is 9.17. The van der Waals surface area contributed by atoms with Gasteiger partial charge in [0.2, 0.25) is 0 Å². The number of nitrogens with zero attached hydrogens (tertiary/aromatic N) is 4. The van der Waals surface area contributed by atoms with E-state index in [9.17, 15) is 0 Å². The number of rotatable bonds is 9. The van der Waals surface area contributed by atoms with Crippen molar-refractivity contribution in [3.8, 4) is 39.6 Å². The Labute approximate surface area is 426 Å². The minimum absolute atomic E-state index is 0. The Kier molecular flexibility index (Phi) is 13.5. The van der Waals surface area contributed by atoms with Gasteiger partial charge in [0.25, 0.3) is 0 Å². The molecule has 0 saturated carbocycles. The molecule has 9 rings (SSSR count). The summed E-state index contributed by atoms with van der Waals surface area (Å²) in [5.74, 6) is 2.91. The number of aromatic nitrogens is 2. The van der Waals surface area contributed by atoms with E-state index in [1.54, 1.807) is 0 Å². The number of anilines is 2. The van der Waals surface area contributed by atoms with Crippen LogP contribution in [0, 0.1) is 36.6 Å². The predicted octanol–water partition coefficient (Wildman–Crippen LogP) is 17.5. The van der Waals surface area contributed by atoms with Gasteiger partial charge in [-0.25, -0.2) is 4.98 Å². The zero-order chi connectivity index (χ0) is 48.4. The molecule has 0 radical (unpaired) electrons. The van der Waals surface area contributed by atoms with E-state index in [2.05, 4.69) is 251 Å². The zero-order valence-corrected chi connectivity index (χ0v) is 45.2. The number of hydrogen-bond acceptors (Lipinski definition) is 4. The number of para-hydroxylation sites is 1. The van der Waals surface area contributed by atoms with Gasteiger partial charge in [-0.15, -0.1) is 53.6 Å². The van der Waals surface area contributed by atoms with Gasteiger partial charge in [0.15, 0.2) is 0 Å². The van der Waals surface area contributed by atoms with E-state index in [0.717, 1.165) is 50.1 Å². The number of aryl methyl sites for hydroxylation is 1. The molecule has 1 aliphatic heterocycles. The first kappa shape index (κ1) is 49.5. The Morgan fingerprint density at radius 2 is 1.26 bits per heavy atom. The fourth-order valence-corrected chi connectivity index (χ4v) is 9.92. The summed E-state index contributed by atoms with van der Waals surface area (Å²) in [5.41, 5.74) is 16.0. The van der Waals surface area contributed by atoms with Crippen LogP contribution in [0.2, 0.25) is 0 Å². The quantitative estimate of drug-likeness (QED) is 0.135. The summed E-state index contributed by atoms with van der Waals surface area (Å²) in [6, 6.07) is 53.3. The molecule has 3 heterocycles.